The minimum atomic E-state index is -3.40. The van der Waals surface area contributed by atoms with Crippen LogP contribution in [-0.2, 0) is 10.0 Å². The van der Waals surface area contributed by atoms with E-state index in [4.69, 9.17) is 0 Å². The van der Waals surface area contributed by atoms with Gasteiger partial charge < -0.3 is 5.32 Å². The molecule has 1 saturated heterocycles. The van der Waals surface area contributed by atoms with Gasteiger partial charge in [0, 0.05) is 17.0 Å². The van der Waals surface area contributed by atoms with Gasteiger partial charge in [-0.15, -0.1) is 11.3 Å². The number of hydrogen-bond donors (Lipinski definition) is 2. The van der Waals surface area contributed by atoms with Crippen LogP contribution in [0.5, 0.6) is 0 Å². The number of nitrogens with zero attached hydrogens (tertiary/aromatic N) is 1. The quantitative estimate of drug-likeness (QED) is 0.696. The van der Waals surface area contributed by atoms with Gasteiger partial charge in [0.1, 0.15) is 0 Å². The van der Waals surface area contributed by atoms with Gasteiger partial charge in [-0.2, -0.15) is 0 Å². The fraction of sp³-hybridized carbons (Fsp3) is 0.476. The van der Waals surface area contributed by atoms with Crippen LogP contribution in [0, 0.1) is 12.8 Å². The number of carbonyl (C=O) groups excluding carboxylic acids is 1. The smallest absolute Gasteiger partial charge is 0.251 e. The van der Waals surface area contributed by atoms with Gasteiger partial charge in [-0.1, -0.05) is 19.1 Å². The number of likely N-dealkylation sites (tertiary alicyclic amines) is 1. The Morgan fingerprint density at radius 1 is 1.28 bits per heavy atom. The Balaban J connectivity index is 1.71. The Bertz CT molecular complexity index is 934. The van der Waals surface area contributed by atoms with Crippen LogP contribution in [-0.4, -0.2) is 45.1 Å². The summed E-state index contributed by atoms with van der Waals surface area (Å²) in [5.41, 5.74) is 1.64. The molecule has 0 radical (unpaired) electrons. The van der Waals surface area contributed by atoms with Gasteiger partial charge >= 0.3 is 0 Å². The van der Waals surface area contributed by atoms with E-state index in [0.717, 1.165) is 30.8 Å². The molecule has 2 heterocycles. The molecule has 1 aliphatic rings. The lowest BCUT2D eigenvalue weighted by Gasteiger charge is -2.36. The fourth-order valence-corrected chi connectivity index (χ4v) is 5.08. The number of nitrogens with one attached hydrogen (secondary N) is 2. The van der Waals surface area contributed by atoms with Crippen LogP contribution < -0.4 is 10.0 Å². The van der Waals surface area contributed by atoms with Crippen LogP contribution in [0.25, 0.3) is 0 Å². The second kappa shape index (κ2) is 9.28. The molecule has 29 heavy (non-hydrogen) atoms. The first-order chi connectivity index (χ1) is 13.7. The van der Waals surface area contributed by atoms with Crippen molar-refractivity contribution in [2.45, 2.75) is 32.7 Å². The molecule has 158 valence electrons. The van der Waals surface area contributed by atoms with Crippen LogP contribution in [0.15, 0.2) is 35.7 Å². The van der Waals surface area contributed by atoms with E-state index in [1.165, 1.54) is 17.7 Å². The van der Waals surface area contributed by atoms with E-state index < -0.39 is 10.0 Å². The first-order valence-electron chi connectivity index (χ1n) is 9.87. The molecule has 1 atom stereocenters. The van der Waals surface area contributed by atoms with E-state index in [1.54, 1.807) is 36.5 Å². The van der Waals surface area contributed by atoms with Crippen LogP contribution in [0.4, 0.5) is 5.69 Å². The zero-order valence-electron chi connectivity index (χ0n) is 17.1. The van der Waals surface area contributed by atoms with E-state index in [9.17, 15) is 13.2 Å². The molecule has 3 rings (SSSR count). The molecule has 0 aliphatic carbocycles. The van der Waals surface area contributed by atoms with E-state index in [1.807, 2.05) is 6.07 Å². The standard InChI is InChI=1S/C21H29N3O3S2/c1-15-8-10-24(11-9-15)19(20-5-4-12-28-20)14-22-21(25)17-7-6-16(2)18(13-17)23-29(3,26)27/h4-7,12-13,15,19,23H,8-11,14H2,1-3H3,(H,22,25). The Hall–Kier alpha value is -1.90. The second-order valence-electron chi connectivity index (χ2n) is 7.86. The summed E-state index contributed by atoms with van der Waals surface area (Å²) in [6, 6.07) is 9.40. The average Bonchev–Trinajstić information content (AvgIpc) is 3.18. The first kappa shape index (κ1) is 21.8. The third-order valence-electron chi connectivity index (χ3n) is 5.38. The zero-order chi connectivity index (χ0) is 21.0. The third-order valence-corrected chi connectivity index (χ3v) is 6.95. The Kier molecular flexibility index (Phi) is 6.97. The fourth-order valence-electron chi connectivity index (χ4n) is 3.60. The van der Waals surface area contributed by atoms with Crippen molar-refractivity contribution in [3.05, 3.63) is 51.7 Å². The SMILES string of the molecule is Cc1ccc(C(=O)NCC(c2cccs2)N2CCC(C)CC2)cc1NS(C)(=O)=O. The van der Waals surface area contributed by atoms with Crippen molar-refractivity contribution in [2.24, 2.45) is 5.92 Å². The molecule has 1 aliphatic heterocycles. The lowest BCUT2D eigenvalue weighted by Crippen LogP contribution is -2.41. The Morgan fingerprint density at radius 2 is 2.00 bits per heavy atom. The molecule has 1 aromatic carbocycles. The number of carbonyl (C=O) groups is 1. The number of piperidine rings is 1. The number of hydrogen-bond acceptors (Lipinski definition) is 5. The molecule has 6 nitrogen and oxygen atoms in total. The van der Waals surface area contributed by atoms with Crippen LogP contribution >= 0.6 is 11.3 Å². The molecule has 0 bridgehead atoms. The lowest BCUT2D eigenvalue weighted by atomic mass is 9.97. The molecule has 8 heteroatoms. The van der Waals surface area contributed by atoms with Crippen molar-refractivity contribution < 1.29 is 13.2 Å². The summed E-state index contributed by atoms with van der Waals surface area (Å²) in [4.78, 5) is 16.5. The topological polar surface area (TPSA) is 78.5 Å². The maximum absolute atomic E-state index is 12.8. The minimum Gasteiger partial charge on any atom is -0.350 e. The van der Waals surface area contributed by atoms with Crippen molar-refractivity contribution in [3.63, 3.8) is 0 Å². The van der Waals surface area contributed by atoms with Crippen LogP contribution in [0.1, 0.15) is 46.6 Å². The van der Waals surface area contributed by atoms with E-state index >= 15 is 0 Å². The molecule has 1 aromatic heterocycles. The number of thiophene rings is 1. The highest BCUT2D eigenvalue weighted by Gasteiger charge is 2.26. The highest BCUT2D eigenvalue weighted by atomic mass is 32.2. The molecular formula is C21H29N3O3S2. The summed E-state index contributed by atoms with van der Waals surface area (Å²) >= 11 is 1.71. The third kappa shape index (κ3) is 6.04. The number of rotatable bonds is 7. The predicted molar refractivity (Wildman–Crippen MR) is 119 cm³/mol. The van der Waals surface area contributed by atoms with Gasteiger partial charge in [0.2, 0.25) is 10.0 Å². The summed E-state index contributed by atoms with van der Waals surface area (Å²) in [6.07, 6.45) is 3.45. The zero-order valence-corrected chi connectivity index (χ0v) is 18.8. The normalized spacial score (nSPS) is 17.1. The lowest BCUT2D eigenvalue weighted by molar-refractivity contribution is 0.0915. The molecule has 2 N–H and O–H groups in total. The number of benzene rings is 1. The van der Waals surface area contributed by atoms with E-state index in [0.29, 0.717) is 17.8 Å². The highest BCUT2D eigenvalue weighted by Crippen LogP contribution is 2.29. The van der Waals surface area contributed by atoms with Crippen LogP contribution in [0.2, 0.25) is 0 Å². The van der Waals surface area contributed by atoms with Gasteiger partial charge in [-0.3, -0.25) is 14.4 Å². The Labute approximate surface area is 177 Å². The molecule has 0 spiro atoms. The van der Waals surface area contributed by atoms with Crippen LogP contribution in [0.3, 0.4) is 0 Å². The van der Waals surface area contributed by atoms with Crippen molar-refractivity contribution in [1.29, 1.82) is 0 Å². The number of sulfonamides is 1. The van der Waals surface area contributed by atoms with E-state index in [-0.39, 0.29) is 11.9 Å². The van der Waals surface area contributed by atoms with Crippen molar-refractivity contribution in [1.82, 2.24) is 10.2 Å². The van der Waals surface area contributed by atoms with Gasteiger partial charge in [0.25, 0.3) is 5.91 Å². The maximum Gasteiger partial charge on any atom is 0.251 e. The maximum atomic E-state index is 12.8. The monoisotopic (exact) mass is 435 g/mol. The summed E-state index contributed by atoms with van der Waals surface area (Å²) in [6.45, 7) is 6.69. The Morgan fingerprint density at radius 3 is 2.62 bits per heavy atom. The van der Waals surface area contributed by atoms with Gasteiger partial charge in [0.15, 0.2) is 0 Å². The largest absolute Gasteiger partial charge is 0.350 e. The minimum absolute atomic E-state index is 0.158. The van der Waals surface area contributed by atoms with Gasteiger partial charge in [-0.25, -0.2) is 8.42 Å². The number of amides is 1. The summed E-state index contributed by atoms with van der Waals surface area (Å²) in [7, 11) is -3.40. The molecule has 0 saturated carbocycles. The predicted octanol–water partition coefficient (Wildman–Crippen LogP) is 3.63. The number of aryl methyl sites for hydroxylation is 1. The van der Waals surface area contributed by atoms with E-state index in [2.05, 4.69) is 33.3 Å². The van der Waals surface area contributed by atoms with Gasteiger partial charge in [0.05, 0.1) is 18.0 Å². The number of anilines is 1. The second-order valence-corrected chi connectivity index (χ2v) is 10.6. The molecular weight excluding hydrogens is 406 g/mol. The highest BCUT2D eigenvalue weighted by molar-refractivity contribution is 7.92. The summed E-state index contributed by atoms with van der Waals surface area (Å²) in [5.74, 6) is 0.548. The van der Waals surface area contributed by atoms with Crippen molar-refractivity contribution >= 4 is 33.0 Å². The van der Waals surface area contributed by atoms with Gasteiger partial charge in [-0.05, 0) is 67.9 Å². The average molecular weight is 436 g/mol. The van der Waals surface area contributed by atoms with Crippen molar-refractivity contribution in [2.75, 3.05) is 30.6 Å². The molecule has 1 fully saturated rings. The van der Waals surface area contributed by atoms with Crippen molar-refractivity contribution in [3.8, 4) is 0 Å². The summed E-state index contributed by atoms with van der Waals surface area (Å²) in [5, 5.41) is 5.12. The first-order valence-corrected chi connectivity index (χ1v) is 12.6. The summed E-state index contributed by atoms with van der Waals surface area (Å²) < 4.78 is 25.6. The molecule has 1 unspecified atom stereocenters. The molecule has 1 amide bonds. The molecule has 2 aromatic rings.